The zero-order valence-corrected chi connectivity index (χ0v) is 6.89. The SMILES string of the molecule is OB(O)OB(O)O.c1ccsc1. The predicted molar refractivity (Wildman–Crippen MR) is 45.8 cm³/mol. The summed E-state index contributed by atoms with van der Waals surface area (Å²) in [4.78, 5) is 0. The molecule has 0 amide bonds. The largest absolute Gasteiger partial charge is 0.621 e. The summed E-state index contributed by atoms with van der Waals surface area (Å²) in [6.07, 6.45) is 0. The number of hydrogen-bond donors (Lipinski definition) is 4. The topological polar surface area (TPSA) is 90.2 Å². The lowest BCUT2D eigenvalue weighted by atomic mass is 10.1. The first-order valence-electron chi connectivity index (χ1n) is 2.98. The fourth-order valence-electron chi connectivity index (χ4n) is 0.336. The zero-order chi connectivity index (χ0) is 9.40. The summed E-state index contributed by atoms with van der Waals surface area (Å²) in [6, 6.07) is 4.04. The Balaban J connectivity index is 0.000000211. The van der Waals surface area contributed by atoms with Gasteiger partial charge in [0.1, 0.15) is 0 Å². The van der Waals surface area contributed by atoms with E-state index in [2.05, 4.69) is 4.57 Å². The highest BCUT2D eigenvalue weighted by Crippen LogP contribution is 1.91. The standard InChI is InChI=1S/C4H4S.B2H4O5/c1-2-4-5-3-1;3-1(4)7-2(5)6/h1-4H;3-6H. The summed E-state index contributed by atoms with van der Waals surface area (Å²) >= 11 is 1.71. The third-order valence-electron chi connectivity index (χ3n) is 0.669. The van der Waals surface area contributed by atoms with E-state index in [1.54, 1.807) is 11.3 Å². The van der Waals surface area contributed by atoms with Crippen molar-refractivity contribution in [1.82, 2.24) is 0 Å². The maximum Gasteiger partial charge on any atom is 0.621 e. The Bertz CT molecular complexity index is 145. The minimum atomic E-state index is -2.13. The van der Waals surface area contributed by atoms with Gasteiger partial charge in [-0.3, -0.25) is 0 Å². The number of thiophene rings is 1. The molecule has 8 heteroatoms. The molecule has 1 rings (SSSR count). The first-order chi connectivity index (χ1) is 5.63. The van der Waals surface area contributed by atoms with Crippen LogP contribution in [0, 0.1) is 0 Å². The second-order valence-corrected chi connectivity index (χ2v) is 2.40. The van der Waals surface area contributed by atoms with E-state index in [1.807, 2.05) is 22.9 Å². The van der Waals surface area contributed by atoms with Crippen LogP contribution in [-0.4, -0.2) is 34.7 Å². The van der Waals surface area contributed by atoms with Crippen molar-refractivity contribution >= 4 is 26.0 Å². The molecule has 0 aromatic carbocycles. The van der Waals surface area contributed by atoms with Gasteiger partial charge in [0.2, 0.25) is 0 Å². The van der Waals surface area contributed by atoms with Gasteiger partial charge in [0.25, 0.3) is 0 Å². The van der Waals surface area contributed by atoms with Gasteiger partial charge in [-0.05, 0) is 10.8 Å². The highest BCUT2D eigenvalue weighted by molar-refractivity contribution is 7.07. The van der Waals surface area contributed by atoms with Crippen molar-refractivity contribution in [3.63, 3.8) is 0 Å². The third-order valence-corrected chi connectivity index (χ3v) is 1.30. The maximum absolute atomic E-state index is 7.74. The van der Waals surface area contributed by atoms with Crippen LogP contribution >= 0.6 is 11.3 Å². The fraction of sp³-hybridized carbons (Fsp3) is 0. The molecule has 0 spiro atoms. The molecule has 0 aliphatic carbocycles. The molecule has 1 aromatic heterocycles. The molecule has 0 bridgehead atoms. The van der Waals surface area contributed by atoms with Crippen molar-refractivity contribution in [1.29, 1.82) is 0 Å². The van der Waals surface area contributed by atoms with Crippen molar-refractivity contribution < 1.29 is 24.7 Å². The predicted octanol–water partition coefficient (Wildman–Crippen LogP) is -1.31. The Hall–Kier alpha value is -0.370. The molecular weight excluding hydrogens is 182 g/mol. The Morgan fingerprint density at radius 3 is 1.42 bits per heavy atom. The van der Waals surface area contributed by atoms with E-state index in [-0.39, 0.29) is 0 Å². The molecule has 1 aromatic rings. The second-order valence-electron chi connectivity index (χ2n) is 1.58. The summed E-state index contributed by atoms with van der Waals surface area (Å²) in [5.41, 5.74) is 0. The highest BCUT2D eigenvalue weighted by Gasteiger charge is 2.18. The van der Waals surface area contributed by atoms with E-state index < -0.39 is 14.6 Å². The average Bonchev–Trinajstić information content (AvgIpc) is 2.36. The molecule has 0 atom stereocenters. The molecule has 0 fully saturated rings. The van der Waals surface area contributed by atoms with E-state index in [1.165, 1.54) is 0 Å². The third kappa shape index (κ3) is 9.63. The van der Waals surface area contributed by atoms with Crippen molar-refractivity contribution in [2.75, 3.05) is 0 Å². The van der Waals surface area contributed by atoms with Crippen LogP contribution in [0.5, 0.6) is 0 Å². The summed E-state index contributed by atoms with van der Waals surface area (Å²) < 4.78 is 3.47. The minimum Gasteiger partial charge on any atom is -0.402 e. The first-order valence-corrected chi connectivity index (χ1v) is 3.92. The molecule has 12 heavy (non-hydrogen) atoms. The molecular formula is C4H8B2O5S. The number of rotatable bonds is 2. The molecule has 4 N–H and O–H groups in total. The van der Waals surface area contributed by atoms with Crippen molar-refractivity contribution in [2.45, 2.75) is 0 Å². The summed E-state index contributed by atoms with van der Waals surface area (Å²) in [6.45, 7) is 0. The molecule has 0 saturated carbocycles. The zero-order valence-electron chi connectivity index (χ0n) is 6.07. The number of hydrogen-bond acceptors (Lipinski definition) is 6. The molecule has 0 aliphatic heterocycles. The Kier molecular flexibility index (Phi) is 7.06. The van der Waals surface area contributed by atoms with Gasteiger partial charge < -0.3 is 24.7 Å². The lowest BCUT2D eigenvalue weighted by molar-refractivity contribution is 0.213. The lowest BCUT2D eigenvalue weighted by Gasteiger charge is -1.95. The normalized spacial score (nSPS) is 8.33. The monoisotopic (exact) mass is 190 g/mol. The van der Waals surface area contributed by atoms with Crippen LogP contribution in [0.25, 0.3) is 0 Å². The second kappa shape index (κ2) is 7.29. The van der Waals surface area contributed by atoms with Crippen LogP contribution in [-0.2, 0) is 4.57 Å². The smallest absolute Gasteiger partial charge is 0.402 e. The van der Waals surface area contributed by atoms with Crippen LogP contribution in [0.1, 0.15) is 0 Å². The Morgan fingerprint density at radius 1 is 0.917 bits per heavy atom. The fourth-order valence-corrected chi connectivity index (χ4v) is 0.789. The van der Waals surface area contributed by atoms with Crippen LogP contribution in [0.15, 0.2) is 22.9 Å². The average molecular weight is 190 g/mol. The van der Waals surface area contributed by atoms with Gasteiger partial charge in [0, 0.05) is 0 Å². The molecule has 1 heterocycles. The molecule has 0 radical (unpaired) electrons. The highest BCUT2D eigenvalue weighted by atomic mass is 32.1. The maximum atomic E-state index is 7.74. The van der Waals surface area contributed by atoms with Crippen molar-refractivity contribution in [3.05, 3.63) is 22.9 Å². The van der Waals surface area contributed by atoms with Crippen LogP contribution in [0.2, 0.25) is 0 Å². The van der Waals surface area contributed by atoms with Crippen LogP contribution in [0.4, 0.5) is 0 Å². The summed E-state index contributed by atoms with van der Waals surface area (Å²) in [7, 11) is -4.25. The molecule has 66 valence electrons. The van der Waals surface area contributed by atoms with E-state index >= 15 is 0 Å². The van der Waals surface area contributed by atoms with Crippen molar-refractivity contribution in [3.8, 4) is 0 Å². The van der Waals surface area contributed by atoms with E-state index in [4.69, 9.17) is 20.1 Å². The van der Waals surface area contributed by atoms with Gasteiger partial charge >= 0.3 is 14.6 Å². The van der Waals surface area contributed by atoms with Gasteiger partial charge in [-0.15, -0.1) is 0 Å². The van der Waals surface area contributed by atoms with Gasteiger partial charge in [-0.1, -0.05) is 12.1 Å². The van der Waals surface area contributed by atoms with Gasteiger partial charge in [-0.2, -0.15) is 11.3 Å². The van der Waals surface area contributed by atoms with Gasteiger partial charge in [0.15, 0.2) is 0 Å². The lowest BCUT2D eigenvalue weighted by Crippen LogP contribution is -2.28. The molecule has 0 aliphatic rings. The van der Waals surface area contributed by atoms with E-state index in [0.717, 1.165) is 0 Å². The van der Waals surface area contributed by atoms with Crippen molar-refractivity contribution in [2.24, 2.45) is 0 Å². The Labute approximate surface area is 74.2 Å². The molecule has 0 unspecified atom stereocenters. The Morgan fingerprint density at radius 2 is 1.33 bits per heavy atom. The van der Waals surface area contributed by atoms with Gasteiger partial charge in [-0.25, -0.2) is 0 Å². The minimum absolute atomic E-state index is 1.71. The van der Waals surface area contributed by atoms with Crippen LogP contribution < -0.4 is 0 Å². The van der Waals surface area contributed by atoms with E-state index in [0.29, 0.717) is 0 Å². The van der Waals surface area contributed by atoms with Gasteiger partial charge in [0.05, 0.1) is 0 Å². The summed E-state index contributed by atoms with van der Waals surface area (Å²) in [5.74, 6) is 0. The van der Waals surface area contributed by atoms with Crippen LogP contribution in [0.3, 0.4) is 0 Å². The first kappa shape index (κ1) is 11.6. The molecule has 0 saturated heterocycles. The summed E-state index contributed by atoms with van der Waals surface area (Å²) in [5, 5.41) is 35.0. The van der Waals surface area contributed by atoms with E-state index in [9.17, 15) is 0 Å². The quantitative estimate of drug-likeness (QED) is 0.434. The molecule has 5 nitrogen and oxygen atoms in total.